The first-order chi connectivity index (χ1) is 19.2. The topological polar surface area (TPSA) is 108 Å². The number of carbonyl (C=O) groups is 1. The standard InChI is InChI=1S/C31H41Cl2F2N3O3/c1-29(2,41)24(39)12-15-37-28(40)27-25(19-8-7-9-21(33)26(19)35)31(36,20-11-10-18(32)16-22(20)34)23(38-27)17-30(3)13-5-4-6-14-30/h7-11,16,23-25,27,38-39,41H,4-6,12-15,17,36H2,1-3H3,(H,37,40). The first-order valence-corrected chi connectivity index (χ1v) is 15.1. The lowest BCUT2D eigenvalue weighted by molar-refractivity contribution is -0.123. The van der Waals surface area contributed by atoms with Gasteiger partial charge in [0.15, 0.2) is 0 Å². The van der Waals surface area contributed by atoms with Gasteiger partial charge < -0.3 is 26.6 Å². The smallest absolute Gasteiger partial charge is 0.237 e. The van der Waals surface area contributed by atoms with E-state index in [2.05, 4.69) is 17.6 Å². The molecule has 1 saturated carbocycles. The Morgan fingerprint density at radius 3 is 2.51 bits per heavy atom. The zero-order chi connectivity index (χ0) is 30.2. The quantitative estimate of drug-likeness (QED) is 0.256. The van der Waals surface area contributed by atoms with Crippen molar-refractivity contribution in [3.05, 3.63) is 69.2 Å². The van der Waals surface area contributed by atoms with Gasteiger partial charge in [0.25, 0.3) is 0 Å². The molecule has 0 spiro atoms. The van der Waals surface area contributed by atoms with E-state index in [1.807, 2.05) is 0 Å². The summed E-state index contributed by atoms with van der Waals surface area (Å²) in [5, 5.41) is 26.6. The molecule has 2 aromatic carbocycles. The molecule has 4 rings (SSSR count). The summed E-state index contributed by atoms with van der Waals surface area (Å²) >= 11 is 12.3. The number of benzene rings is 2. The van der Waals surface area contributed by atoms with E-state index in [1.54, 1.807) is 12.1 Å². The lowest BCUT2D eigenvalue weighted by atomic mass is 9.65. The van der Waals surface area contributed by atoms with Gasteiger partial charge in [0.1, 0.15) is 11.6 Å². The Morgan fingerprint density at radius 1 is 1.20 bits per heavy atom. The van der Waals surface area contributed by atoms with Crippen LogP contribution in [-0.4, -0.2) is 46.5 Å². The van der Waals surface area contributed by atoms with Crippen molar-refractivity contribution in [3.8, 4) is 0 Å². The molecule has 2 aromatic rings. The normalized spacial score (nSPS) is 27.0. The molecule has 1 heterocycles. The molecular formula is C31H41Cl2F2N3O3. The molecule has 226 valence electrons. The number of amides is 1. The summed E-state index contributed by atoms with van der Waals surface area (Å²) in [4.78, 5) is 13.8. The fraction of sp³-hybridized carbons (Fsp3) is 0.581. The third kappa shape index (κ3) is 6.73. The summed E-state index contributed by atoms with van der Waals surface area (Å²) in [5.74, 6) is -2.86. The third-order valence-electron chi connectivity index (χ3n) is 9.09. The van der Waals surface area contributed by atoms with E-state index >= 15 is 8.78 Å². The minimum atomic E-state index is -1.55. The number of nitrogens with two attached hydrogens (primary N) is 1. The van der Waals surface area contributed by atoms with Crippen molar-refractivity contribution in [1.82, 2.24) is 10.6 Å². The van der Waals surface area contributed by atoms with Crippen molar-refractivity contribution in [3.63, 3.8) is 0 Å². The van der Waals surface area contributed by atoms with E-state index in [0.717, 1.165) is 32.1 Å². The molecule has 2 fully saturated rings. The van der Waals surface area contributed by atoms with Crippen LogP contribution in [0.25, 0.3) is 0 Å². The second-order valence-corrected chi connectivity index (χ2v) is 13.5. The highest BCUT2D eigenvalue weighted by Crippen LogP contribution is 2.51. The van der Waals surface area contributed by atoms with Gasteiger partial charge in [-0.15, -0.1) is 0 Å². The Labute approximate surface area is 251 Å². The van der Waals surface area contributed by atoms with Crippen molar-refractivity contribution in [2.75, 3.05) is 6.54 Å². The predicted molar refractivity (Wildman–Crippen MR) is 158 cm³/mol. The van der Waals surface area contributed by atoms with Gasteiger partial charge in [-0.3, -0.25) is 4.79 Å². The van der Waals surface area contributed by atoms with Crippen molar-refractivity contribution >= 4 is 29.1 Å². The van der Waals surface area contributed by atoms with Crippen molar-refractivity contribution in [2.24, 2.45) is 11.1 Å². The Bertz CT molecular complexity index is 1250. The Morgan fingerprint density at radius 2 is 1.88 bits per heavy atom. The molecule has 0 bridgehead atoms. The highest BCUT2D eigenvalue weighted by molar-refractivity contribution is 6.31. The lowest BCUT2D eigenvalue weighted by Crippen LogP contribution is -2.53. The predicted octanol–water partition coefficient (Wildman–Crippen LogP) is 5.55. The maximum absolute atomic E-state index is 15.7. The average molecular weight is 613 g/mol. The number of carbonyl (C=O) groups excluding carboxylic acids is 1. The maximum Gasteiger partial charge on any atom is 0.237 e. The van der Waals surface area contributed by atoms with Crippen LogP contribution in [0, 0.1) is 17.0 Å². The van der Waals surface area contributed by atoms with E-state index < -0.39 is 52.8 Å². The van der Waals surface area contributed by atoms with Crippen LogP contribution in [0.15, 0.2) is 36.4 Å². The lowest BCUT2D eigenvalue weighted by Gasteiger charge is -2.42. The van der Waals surface area contributed by atoms with Crippen LogP contribution in [0.3, 0.4) is 0 Å². The summed E-state index contributed by atoms with van der Waals surface area (Å²) in [6.45, 7) is 5.21. The van der Waals surface area contributed by atoms with Crippen LogP contribution >= 0.6 is 23.2 Å². The van der Waals surface area contributed by atoms with Crippen molar-refractivity contribution < 1.29 is 23.8 Å². The number of hydrogen-bond acceptors (Lipinski definition) is 5. The molecule has 1 aliphatic heterocycles. The molecule has 5 unspecified atom stereocenters. The van der Waals surface area contributed by atoms with Crippen LogP contribution in [0.5, 0.6) is 0 Å². The van der Waals surface area contributed by atoms with Gasteiger partial charge in [-0.25, -0.2) is 8.78 Å². The molecule has 6 nitrogen and oxygen atoms in total. The number of aliphatic hydroxyl groups is 2. The summed E-state index contributed by atoms with van der Waals surface area (Å²) in [6.07, 6.45) is 4.77. The van der Waals surface area contributed by atoms with Crippen molar-refractivity contribution in [1.29, 1.82) is 0 Å². The molecule has 41 heavy (non-hydrogen) atoms. The average Bonchev–Trinajstić information content (AvgIpc) is 3.17. The zero-order valence-electron chi connectivity index (χ0n) is 23.8. The molecule has 1 aliphatic carbocycles. The molecule has 0 radical (unpaired) electrons. The van der Waals surface area contributed by atoms with Gasteiger partial charge in [-0.1, -0.05) is 67.6 Å². The minimum absolute atomic E-state index is 0.0577. The summed E-state index contributed by atoms with van der Waals surface area (Å²) in [7, 11) is 0. The number of nitrogens with one attached hydrogen (secondary N) is 2. The Kier molecular flexibility index (Phi) is 9.73. The first-order valence-electron chi connectivity index (χ1n) is 14.3. The molecule has 2 aliphatic rings. The van der Waals surface area contributed by atoms with E-state index in [4.69, 9.17) is 28.9 Å². The van der Waals surface area contributed by atoms with Crippen LogP contribution < -0.4 is 16.4 Å². The number of rotatable bonds is 9. The maximum atomic E-state index is 15.7. The van der Waals surface area contributed by atoms with Gasteiger partial charge in [0, 0.05) is 29.1 Å². The largest absolute Gasteiger partial charge is 0.390 e. The van der Waals surface area contributed by atoms with Gasteiger partial charge in [-0.2, -0.15) is 0 Å². The molecule has 5 atom stereocenters. The summed E-state index contributed by atoms with van der Waals surface area (Å²) in [6, 6.07) is 7.15. The van der Waals surface area contributed by atoms with Crippen molar-refractivity contribution in [2.45, 2.75) is 101 Å². The zero-order valence-corrected chi connectivity index (χ0v) is 25.3. The minimum Gasteiger partial charge on any atom is -0.390 e. The number of aliphatic hydroxyl groups excluding tert-OH is 1. The monoisotopic (exact) mass is 611 g/mol. The van der Waals surface area contributed by atoms with Gasteiger partial charge >= 0.3 is 0 Å². The van der Waals surface area contributed by atoms with E-state index in [0.29, 0.717) is 6.42 Å². The van der Waals surface area contributed by atoms with Crippen LogP contribution in [0.4, 0.5) is 8.78 Å². The van der Waals surface area contributed by atoms with E-state index in [9.17, 15) is 15.0 Å². The molecule has 1 amide bonds. The molecular weight excluding hydrogens is 571 g/mol. The van der Waals surface area contributed by atoms with Gasteiger partial charge in [0.05, 0.1) is 28.3 Å². The Balaban J connectivity index is 1.80. The Hall–Kier alpha value is -1.81. The molecule has 10 heteroatoms. The number of halogens is 4. The third-order valence-corrected chi connectivity index (χ3v) is 9.62. The van der Waals surface area contributed by atoms with E-state index in [1.165, 1.54) is 38.1 Å². The second kappa shape index (κ2) is 12.4. The fourth-order valence-corrected chi connectivity index (χ4v) is 7.03. The first kappa shape index (κ1) is 32.1. The fourth-order valence-electron chi connectivity index (χ4n) is 6.69. The highest BCUT2D eigenvalue weighted by Gasteiger charge is 2.59. The van der Waals surface area contributed by atoms with Crippen LogP contribution in [0.2, 0.25) is 10.0 Å². The van der Waals surface area contributed by atoms with Crippen LogP contribution in [0.1, 0.15) is 82.8 Å². The second-order valence-electron chi connectivity index (χ2n) is 12.7. The SMILES string of the molecule is CC1(CC2NC(C(=O)NCCC(O)C(C)(C)O)C(c3cccc(Cl)c3F)C2(N)c2ccc(Cl)cc2F)CCCCC1. The molecule has 6 N–H and O–H groups in total. The molecule has 1 saturated heterocycles. The van der Waals surface area contributed by atoms with Gasteiger partial charge in [0.2, 0.25) is 5.91 Å². The highest BCUT2D eigenvalue weighted by atomic mass is 35.5. The van der Waals surface area contributed by atoms with Gasteiger partial charge in [-0.05, 0) is 68.7 Å². The number of hydrogen-bond donors (Lipinski definition) is 5. The molecule has 0 aromatic heterocycles. The van der Waals surface area contributed by atoms with E-state index in [-0.39, 0.29) is 39.6 Å². The van der Waals surface area contributed by atoms with Crippen LogP contribution in [-0.2, 0) is 10.3 Å². The summed E-state index contributed by atoms with van der Waals surface area (Å²) in [5.41, 5.74) is 4.54. The summed E-state index contributed by atoms with van der Waals surface area (Å²) < 4.78 is 31.5.